The van der Waals surface area contributed by atoms with E-state index in [-0.39, 0.29) is 0 Å². The van der Waals surface area contributed by atoms with Crippen LogP contribution in [0.5, 0.6) is 0 Å². The van der Waals surface area contributed by atoms with Crippen LogP contribution in [0.3, 0.4) is 0 Å². The molecule has 102 valence electrons. The van der Waals surface area contributed by atoms with Crippen LogP contribution in [-0.2, 0) is 16.6 Å². The minimum Gasteiger partial charge on any atom is -0.333 e. The molecule has 0 atom stereocenters. The summed E-state index contributed by atoms with van der Waals surface area (Å²) in [6, 6.07) is 7.37. The van der Waals surface area contributed by atoms with Gasteiger partial charge in [0, 0.05) is 24.6 Å². The van der Waals surface area contributed by atoms with E-state index in [1.165, 1.54) is 0 Å². The van der Waals surface area contributed by atoms with Crippen LogP contribution in [0.2, 0.25) is 0 Å². The van der Waals surface area contributed by atoms with Gasteiger partial charge in [-0.1, -0.05) is 12.1 Å². The summed E-state index contributed by atoms with van der Waals surface area (Å²) >= 11 is 0. The van der Waals surface area contributed by atoms with E-state index in [1.807, 2.05) is 29.0 Å². The van der Waals surface area contributed by atoms with Crippen LogP contribution in [-0.4, -0.2) is 23.2 Å². The van der Waals surface area contributed by atoms with Crippen molar-refractivity contribution in [1.82, 2.24) is 9.55 Å². The van der Waals surface area contributed by atoms with Gasteiger partial charge in [0.25, 0.3) is 0 Å². The number of sulfonamides is 1. The van der Waals surface area contributed by atoms with Gasteiger partial charge in [0.1, 0.15) is 0 Å². The monoisotopic (exact) mass is 279 g/mol. The second kappa shape index (κ2) is 5.44. The quantitative estimate of drug-likeness (QED) is 0.911. The van der Waals surface area contributed by atoms with Gasteiger partial charge in [0.2, 0.25) is 10.0 Å². The van der Waals surface area contributed by atoms with Crippen LogP contribution in [0.1, 0.15) is 19.4 Å². The molecule has 1 aromatic heterocycles. The van der Waals surface area contributed by atoms with E-state index in [0.717, 1.165) is 5.56 Å². The molecular weight excluding hydrogens is 262 g/mol. The SMILES string of the molecule is CC(C)S(=O)(=O)Nc1cccc(Cn2ccnc2)c1. The van der Waals surface area contributed by atoms with Crippen molar-refractivity contribution in [3.8, 4) is 0 Å². The van der Waals surface area contributed by atoms with Crippen LogP contribution >= 0.6 is 0 Å². The number of imidazole rings is 1. The molecule has 0 aliphatic rings. The molecule has 0 bridgehead atoms. The highest BCUT2D eigenvalue weighted by atomic mass is 32.2. The van der Waals surface area contributed by atoms with Gasteiger partial charge in [-0.25, -0.2) is 13.4 Å². The fourth-order valence-corrected chi connectivity index (χ4v) is 2.30. The van der Waals surface area contributed by atoms with Crippen LogP contribution in [0.4, 0.5) is 5.69 Å². The molecule has 0 saturated carbocycles. The third kappa shape index (κ3) is 3.57. The van der Waals surface area contributed by atoms with Crippen molar-refractivity contribution >= 4 is 15.7 Å². The number of benzene rings is 1. The maximum absolute atomic E-state index is 11.8. The van der Waals surface area contributed by atoms with Crippen LogP contribution < -0.4 is 4.72 Å². The first-order valence-electron chi connectivity index (χ1n) is 6.04. The number of aromatic nitrogens is 2. The first kappa shape index (κ1) is 13.6. The molecule has 5 nitrogen and oxygen atoms in total. The lowest BCUT2D eigenvalue weighted by Gasteiger charge is -2.12. The number of hydrogen-bond donors (Lipinski definition) is 1. The van der Waals surface area contributed by atoms with E-state index in [0.29, 0.717) is 12.2 Å². The van der Waals surface area contributed by atoms with Crippen molar-refractivity contribution in [3.05, 3.63) is 48.5 Å². The molecular formula is C13H17N3O2S. The summed E-state index contributed by atoms with van der Waals surface area (Å²) in [6.07, 6.45) is 5.31. The lowest BCUT2D eigenvalue weighted by atomic mass is 10.2. The average Bonchev–Trinajstić information content (AvgIpc) is 2.81. The van der Waals surface area contributed by atoms with Crippen molar-refractivity contribution in [3.63, 3.8) is 0 Å². The molecule has 0 fully saturated rings. The van der Waals surface area contributed by atoms with Gasteiger partial charge in [-0.05, 0) is 31.5 Å². The van der Waals surface area contributed by atoms with Crippen LogP contribution in [0.15, 0.2) is 43.0 Å². The summed E-state index contributed by atoms with van der Waals surface area (Å²) in [5.74, 6) is 0. The van der Waals surface area contributed by atoms with E-state index in [2.05, 4.69) is 9.71 Å². The molecule has 2 rings (SSSR count). The third-order valence-electron chi connectivity index (χ3n) is 2.73. The Bertz CT molecular complexity index is 634. The van der Waals surface area contributed by atoms with Gasteiger partial charge in [-0.2, -0.15) is 0 Å². The van der Waals surface area contributed by atoms with Gasteiger partial charge < -0.3 is 4.57 Å². The number of nitrogens with one attached hydrogen (secondary N) is 1. The van der Waals surface area contributed by atoms with Crippen molar-refractivity contribution in [2.75, 3.05) is 4.72 Å². The average molecular weight is 279 g/mol. The van der Waals surface area contributed by atoms with Crippen LogP contribution in [0.25, 0.3) is 0 Å². The minimum atomic E-state index is -3.30. The van der Waals surface area contributed by atoms with Gasteiger partial charge >= 0.3 is 0 Å². The second-order valence-corrected chi connectivity index (χ2v) is 6.87. The maximum Gasteiger partial charge on any atom is 0.235 e. The molecule has 1 aromatic carbocycles. The molecule has 1 heterocycles. The molecule has 0 spiro atoms. The maximum atomic E-state index is 11.8. The molecule has 0 unspecified atom stereocenters. The first-order valence-corrected chi connectivity index (χ1v) is 7.58. The van der Waals surface area contributed by atoms with Crippen LogP contribution in [0, 0.1) is 0 Å². The summed E-state index contributed by atoms with van der Waals surface area (Å²) in [4.78, 5) is 3.97. The molecule has 1 N–H and O–H groups in total. The van der Waals surface area contributed by atoms with E-state index < -0.39 is 15.3 Å². The van der Waals surface area contributed by atoms with Gasteiger partial charge in [-0.3, -0.25) is 4.72 Å². The Balaban J connectivity index is 2.16. The van der Waals surface area contributed by atoms with Crippen molar-refractivity contribution in [1.29, 1.82) is 0 Å². The minimum absolute atomic E-state index is 0.454. The zero-order valence-corrected chi connectivity index (χ0v) is 11.8. The Kier molecular flexibility index (Phi) is 3.90. The molecule has 6 heteroatoms. The zero-order chi connectivity index (χ0) is 13.9. The van der Waals surface area contributed by atoms with Gasteiger partial charge in [0.15, 0.2) is 0 Å². The number of nitrogens with zero attached hydrogens (tertiary/aromatic N) is 2. The van der Waals surface area contributed by atoms with Crippen molar-refractivity contribution < 1.29 is 8.42 Å². The Labute approximate surface area is 113 Å². The Morgan fingerprint density at radius 3 is 2.79 bits per heavy atom. The molecule has 0 aliphatic carbocycles. The normalized spacial score (nSPS) is 11.7. The first-order chi connectivity index (χ1) is 8.97. The van der Waals surface area contributed by atoms with Gasteiger partial charge in [0.05, 0.1) is 11.6 Å². The highest BCUT2D eigenvalue weighted by Gasteiger charge is 2.15. The second-order valence-electron chi connectivity index (χ2n) is 4.63. The van der Waals surface area contributed by atoms with Gasteiger partial charge in [-0.15, -0.1) is 0 Å². The van der Waals surface area contributed by atoms with Crippen molar-refractivity contribution in [2.45, 2.75) is 25.6 Å². The Morgan fingerprint density at radius 2 is 2.16 bits per heavy atom. The predicted molar refractivity (Wildman–Crippen MR) is 75.4 cm³/mol. The number of hydrogen-bond acceptors (Lipinski definition) is 3. The molecule has 0 amide bonds. The third-order valence-corrected chi connectivity index (χ3v) is 4.49. The summed E-state index contributed by atoms with van der Waals surface area (Å²) in [6.45, 7) is 3.96. The van der Waals surface area contributed by atoms with E-state index in [1.54, 1.807) is 32.4 Å². The Hall–Kier alpha value is -1.82. The topological polar surface area (TPSA) is 64.0 Å². The number of anilines is 1. The largest absolute Gasteiger partial charge is 0.333 e. The highest BCUT2D eigenvalue weighted by Crippen LogP contribution is 2.15. The lowest BCUT2D eigenvalue weighted by Crippen LogP contribution is -2.22. The lowest BCUT2D eigenvalue weighted by molar-refractivity contribution is 0.593. The number of rotatable bonds is 5. The Morgan fingerprint density at radius 1 is 1.37 bits per heavy atom. The molecule has 2 aromatic rings. The predicted octanol–water partition coefficient (Wildman–Crippen LogP) is 2.08. The summed E-state index contributed by atoms with van der Waals surface area (Å²) in [5.41, 5.74) is 1.60. The molecule has 19 heavy (non-hydrogen) atoms. The van der Waals surface area contributed by atoms with E-state index in [4.69, 9.17) is 0 Å². The summed E-state index contributed by atoms with van der Waals surface area (Å²) < 4.78 is 28.1. The smallest absolute Gasteiger partial charge is 0.235 e. The molecule has 0 radical (unpaired) electrons. The highest BCUT2D eigenvalue weighted by molar-refractivity contribution is 7.93. The standard InChI is InChI=1S/C13H17N3O2S/c1-11(2)19(17,18)15-13-5-3-4-12(8-13)9-16-7-6-14-10-16/h3-8,10-11,15H,9H2,1-2H3. The molecule has 0 saturated heterocycles. The van der Waals surface area contributed by atoms with E-state index in [9.17, 15) is 8.42 Å². The fourth-order valence-electron chi connectivity index (χ4n) is 1.61. The molecule has 0 aliphatic heterocycles. The van der Waals surface area contributed by atoms with Crippen molar-refractivity contribution in [2.24, 2.45) is 0 Å². The van der Waals surface area contributed by atoms with E-state index >= 15 is 0 Å². The summed E-state index contributed by atoms with van der Waals surface area (Å²) in [5, 5.41) is -0.454. The fraction of sp³-hybridized carbons (Fsp3) is 0.308. The zero-order valence-electron chi connectivity index (χ0n) is 10.9. The summed E-state index contributed by atoms with van der Waals surface area (Å²) in [7, 11) is -3.30.